The van der Waals surface area contributed by atoms with Gasteiger partial charge in [0.25, 0.3) is 5.91 Å². The van der Waals surface area contributed by atoms with Crippen LogP contribution in [0.15, 0.2) is 53.5 Å². The Morgan fingerprint density at radius 3 is 2.73 bits per heavy atom. The molecule has 5 heteroatoms. The summed E-state index contributed by atoms with van der Waals surface area (Å²) in [4.78, 5) is 28.0. The van der Waals surface area contributed by atoms with E-state index in [0.717, 1.165) is 24.1 Å². The van der Waals surface area contributed by atoms with Gasteiger partial charge in [0.15, 0.2) is 0 Å². The molecule has 0 spiro atoms. The number of carbonyl (C=O) groups excluding carboxylic acids is 1. The van der Waals surface area contributed by atoms with E-state index in [1.54, 1.807) is 34.9 Å². The van der Waals surface area contributed by atoms with Gasteiger partial charge in [0, 0.05) is 25.5 Å². The molecule has 5 nitrogen and oxygen atoms in total. The van der Waals surface area contributed by atoms with Crippen LogP contribution in [0.2, 0.25) is 0 Å². The van der Waals surface area contributed by atoms with Crippen LogP contribution in [0.25, 0.3) is 10.9 Å². The second-order valence-corrected chi connectivity index (χ2v) is 6.53. The van der Waals surface area contributed by atoms with E-state index < -0.39 is 0 Å². The summed E-state index contributed by atoms with van der Waals surface area (Å²) >= 11 is 0. The van der Waals surface area contributed by atoms with E-state index in [2.05, 4.69) is 0 Å². The Labute approximate surface area is 151 Å². The zero-order chi connectivity index (χ0) is 18.3. The van der Waals surface area contributed by atoms with E-state index in [9.17, 15) is 9.59 Å². The van der Waals surface area contributed by atoms with E-state index in [1.165, 1.54) is 0 Å². The number of para-hydroxylation sites is 2. The number of hydrogen-bond acceptors (Lipinski definition) is 3. The number of anilines is 1. The van der Waals surface area contributed by atoms with Crippen molar-refractivity contribution in [3.63, 3.8) is 0 Å². The van der Waals surface area contributed by atoms with Crippen molar-refractivity contribution in [1.29, 1.82) is 0 Å². The average Bonchev–Trinajstić information content (AvgIpc) is 2.69. The van der Waals surface area contributed by atoms with Gasteiger partial charge in [-0.2, -0.15) is 0 Å². The molecule has 132 valence electrons. The molecule has 1 aromatic heterocycles. The van der Waals surface area contributed by atoms with Gasteiger partial charge >= 0.3 is 0 Å². The first-order chi connectivity index (χ1) is 12.6. The summed E-state index contributed by atoms with van der Waals surface area (Å²) in [7, 11) is 3.40. The van der Waals surface area contributed by atoms with Crippen molar-refractivity contribution in [2.24, 2.45) is 7.05 Å². The molecule has 1 aliphatic rings. The van der Waals surface area contributed by atoms with Crippen LogP contribution in [0.3, 0.4) is 0 Å². The van der Waals surface area contributed by atoms with Gasteiger partial charge in [-0.15, -0.1) is 0 Å². The maximum absolute atomic E-state index is 13.2. The van der Waals surface area contributed by atoms with Crippen molar-refractivity contribution >= 4 is 22.5 Å². The Morgan fingerprint density at radius 2 is 1.92 bits per heavy atom. The number of benzene rings is 2. The number of pyridine rings is 1. The van der Waals surface area contributed by atoms with Gasteiger partial charge in [0.1, 0.15) is 11.3 Å². The normalized spacial score (nSPS) is 13.5. The lowest BCUT2D eigenvalue weighted by molar-refractivity contribution is 0.0983. The summed E-state index contributed by atoms with van der Waals surface area (Å²) in [6.45, 7) is 0.620. The third-order valence-electron chi connectivity index (χ3n) is 4.97. The number of carbonyl (C=O) groups is 1. The molecule has 4 rings (SSSR count). The number of amides is 1. The van der Waals surface area contributed by atoms with Crippen molar-refractivity contribution in [2.45, 2.75) is 12.8 Å². The number of fused-ring (bicyclic) bond motifs is 2. The third kappa shape index (κ3) is 2.47. The Hall–Kier alpha value is -3.08. The second kappa shape index (κ2) is 6.33. The van der Waals surface area contributed by atoms with E-state index >= 15 is 0 Å². The fourth-order valence-corrected chi connectivity index (χ4v) is 3.74. The van der Waals surface area contributed by atoms with Crippen LogP contribution in [0, 0.1) is 0 Å². The number of nitrogens with zero attached hydrogens (tertiary/aromatic N) is 2. The van der Waals surface area contributed by atoms with Crippen molar-refractivity contribution < 1.29 is 9.53 Å². The largest absolute Gasteiger partial charge is 0.495 e. The van der Waals surface area contributed by atoms with Crippen molar-refractivity contribution in [1.82, 2.24) is 4.57 Å². The predicted molar refractivity (Wildman–Crippen MR) is 102 cm³/mol. The quantitative estimate of drug-likeness (QED) is 0.715. The molecule has 0 aliphatic carbocycles. The van der Waals surface area contributed by atoms with Crippen LogP contribution in [0.1, 0.15) is 22.3 Å². The highest BCUT2D eigenvalue weighted by Gasteiger charge is 2.26. The van der Waals surface area contributed by atoms with Crippen LogP contribution in [-0.2, 0) is 13.5 Å². The number of methoxy groups -OCH3 is 1. The van der Waals surface area contributed by atoms with Crippen molar-refractivity contribution in [3.05, 3.63) is 70.0 Å². The van der Waals surface area contributed by atoms with Crippen LogP contribution in [-0.4, -0.2) is 24.1 Å². The third-order valence-corrected chi connectivity index (χ3v) is 4.97. The SMILES string of the molecule is COc1cccc2c(=O)c(C(=O)N3CCCc4ccccc43)cn(C)c12. The molecule has 2 heterocycles. The average molecular weight is 348 g/mol. The van der Waals surface area contributed by atoms with Crippen LogP contribution >= 0.6 is 0 Å². The standard InChI is InChI=1S/C21H20N2O3/c1-22-13-16(20(24)15-9-5-11-18(26-2)19(15)22)21(25)23-12-6-8-14-7-3-4-10-17(14)23/h3-5,7,9-11,13H,6,8,12H2,1-2H3. The molecule has 0 unspecified atom stereocenters. The van der Waals surface area contributed by atoms with Gasteiger partial charge < -0.3 is 14.2 Å². The Kier molecular flexibility index (Phi) is 3.99. The van der Waals surface area contributed by atoms with Crippen LogP contribution < -0.4 is 15.1 Å². The molecule has 0 radical (unpaired) electrons. The maximum atomic E-state index is 13.2. The van der Waals surface area contributed by atoms with Crippen LogP contribution in [0.4, 0.5) is 5.69 Å². The molecule has 0 N–H and O–H groups in total. The summed E-state index contributed by atoms with van der Waals surface area (Å²) in [5.41, 5.74) is 2.66. The lowest BCUT2D eigenvalue weighted by Crippen LogP contribution is -2.38. The number of rotatable bonds is 2. The molecule has 0 saturated carbocycles. The van der Waals surface area contributed by atoms with E-state index in [1.807, 2.05) is 37.4 Å². The zero-order valence-corrected chi connectivity index (χ0v) is 14.9. The summed E-state index contributed by atoms with van der Waals surface area (Å²) in [5.74, 6) is 0.367. The summed E-state index contributed by atoms with van der Waals surface area (Å²) in [5, 5.41) is 0.489. The lowest BCUT2D eigenvalue weighted by Gasteiger charge is -2.29. The summed E-state index contributed by atoms with van der Waals surface area (Å²) < 4.78 is 7.16. The second-order valence-electron chi connectivity index (χ2n) is 6.53. The first-order valence-electron chi connectivity index (χ1n) is 8.68. The maximum Gasteiger partial charge on any atom is 0.263 e. The lowest BCUT2D eigenvalue weighted by atomic mass is 10.0. The molecule has 0 fully saturated rings. The van der Waals surface area contributed by atoms with Gasteiger partial charge in [-0.05, 0) is 36.6 Å². The van der Waals surface area contributed by atoms with Crippen LogP contribution in [0.5, 0.6) is 5.75 Å². The first-order valence-corrected chi connectivity index (χ1v) is 8.68. The number of aryl methyl sites for hydroxylation is 2. The van der Waals surface area contributed by atoms with Gasteiger partial charge in [-0.1, -0.05) is 24.3 Å². The fraction of sp³-hybridized carbons (Fsp3) is 0.238. The molecular formula is C21H20N2O3. The zero-order valence-electron chi connectivity index (χ0n) is 14.9. The number of hydrogen-bond donors (Lipinski definition) is 0. The minimum atomic E-state index is -0.259. The van der Waals surface area contributed by atoms with Gasteiger partial charge in [0.05, 0.1) is 18.0 Å². The monoisotopic (exact) mass is 348 g/mol. The Morgan fingerprint density at radius 1 is 1.12 bits per heavy atom. The number of ether oxygens (including phenoxy) is 1. The minimum absolute atomic E-state index is 0.185. The Balaban J connectivity index is 1.87. The number of aromatic nitrogens is 1. The highest BCUT2D eigenvalue weighted by atomic mass is 16.5. The van der Waals surface area contributed by atoms with E-state index in [4.69, 9.17) is 4.74 Å². The molecule has 1 amide bonds. The fourth-order valence-electron chi connectivity index (χ4n) is 3.74. The van der Waals surface area contributed by atoms with Gasteiger partial charge in [0.2, 0.25) is 5.43 Å². The van der Waals surface area contributed by atoms with Crippen molar-refractivity contribution in [3.8, 4) is 5.75 Å². The molecule has 3 aromatic rings. The topological polar surface area (TPSA) is 51.5 Å². The molecule has 1 aliphatic heterocycles. The van der Waals surface area contributed by atoms with Gasteiger partial charge in [-0.3, -0.25) is 9.59 Å². The highest BCUT2D eigenvalue weighted by Crippen LogP contribution is 2.28. The molecule has 0 saturated heterocycles. The molecule has 0 bridgehead atoms. The molecule has 26 heavy (non-hydrogen) atoms. The molecular weight excluding hydrogens is 328 g/mol. The first kappa shape index (κ1) is 16.4. The van der Waals surface area contributed by atoms with Crippen molar-refractivity contribution in [2.75, 3.05) is 18.6 Å². The Bertz CT molecular complexity index is 1070. The van der Waals surface area contributed by atoms with Gasteiger partial charge in [-0.25, -0.2) is 0 Å². The highest BCUT2D eigenvalue weighted by molar-refractivity contribution is 6.08. The summed E-state index contributed by atoms with van der Waals surface area (Å²) in [6, 6.07) is 13.2. The summed E-state index contributed by atoms with van der Waals surface area (Å²) in [6.07, 6.45) is 3.46. The molecule has 0 atom stereocenters. The smallest absolute Gasteiger partial charge is 0.263 e. The minimum Gasteiger partial charge on any atom is -0.495 e. The van der Waals surface area contributed by atoms with E-state index in [-0.39, 0.29) is 16.9 Å². The predicted octanol–water partition coefficient (Wildman–Crippen LogP) is 3.14. The molecule has 2 aromatic carbocycles. The van der Waals surface area contributed by atoms with E-state index in [0.29, 0.717) is 23.2 Å².